The summed E-state index contributed by atoms with van der Waals surface area (Å²) in [4.78, 5) is 15.5. The SMILES string of the molecule is CC(C)C(=O)Nc1cc([C@H](C)N)ccn1. The first-order chi connectivity index (χ1) is 7.00. The second-order valence-corrected chi connectivity index (χ2v) is 3.91. The Balaban J connectivity index is 2.78. The second-order valence-electron chi connectivity index (χ2n) is 3.91. The van der Waals surface area contributed by atoms with Gasteiger partial charge >= 0.3 is 0 Å². The first kappa shape index (κ1) is 11.7. The predicted molar refractivity (Wildman–Crippen MR) is 60.3 cm³/mol. The molecule has 4 heteroatoms. The summed E-state index contributed by atoms with van der Waals surface area (Å²) in [5.41, 5.74) is 6.69. The molecule has 0 aliphatic rings. The minimum absolute atomic E-state index is 0.0377. The number of nitrogens with two attached hydrogens (primary N) is 1. The van der Waals surface area contributed by atoms with Crippen molar-refractivity contribution >= 4 is 11.7 Å². The zero-order valence-electron chi connectivity index (χ0n) is 9.32. The van der Waals surface area contributed by atoms with Gasteiger partial charge in [0.25, 0.3) is 0 Å². The van der Waals surface area contributed by atoms with Crippen molar-refractivity contribution in [2.24, 2.45) is 11.7 Å². The fourth-order valence-corrected chi connectivity index (χ4v) is 1.07. The van der Waals surface area contributed by atoms with Gasteiger partial charge in [-0.05, 0) is 24.6 Å². The van der Waals surface area contributed by atoms with Crippen molar-refractivity contribution in [3.05, 3.63) is 23.9 Å². The van der Waals surface area contributed by atoms with Gasteiger partial charge in [0.2, 0.25) is 5.91 Å². The van der Waals surface area contributed by atoms with Crippen LogP contribution in [-0.2, 0) is 4.79 Å². The van der Waals surface area contributed by atoms with Gasteiger partial charge in [-0.25, -0.2) is 4.98 Å². The van der Waals surface area contributed by atoms with Crippen LogP contribution in [0.25, 0.3) is 0 Å². The Morgan fingerprint density at radius 3 is 2.67 bits per heavy atom. The minimum atomic E-state index is -0.0531. The smallest absolute Gasteiger partial charge is 0.228 e. The van der Waals surface area contributed by atoms with Crippen LogP contribution >= 0.6 is 0 Å². The number of rotatable bonds is 3. The lowest BCUT2D eigenvalue weighted by molar-refractivity contribution is -0.118. The molecular formula is C11H17N3O. The Morgan fingerprint density at radius 1 is 1.47 bits per heavy atom. The molecule has 0 radical (unpaired) electrons. The lowest BCUT2D eigenvalue weighted by Gasteiger charge is -2.09. The molecule has 0 aromatic carbocycles. The molecule has 0 saturated heterocycles. The molecule has 0 aliphatic heterocycles. The molecule has 15 heavy (non-hydrogen) atoms. The predicted octanol–water partition coefficient (Wildman–Crippen LogP) is 1.70. The number of hydrogen-bond acceptors (Lipinski definition) is 3. The number of aromatic nitrogens is 1. The van der Waals surface area contributed by atoms with E-state index in [2.05, 4.69) is 10.3 Å². The Labute approximate surface area is 89.9 Å². The summed E-state index contributed by atoms with van der Waals surface area (Å²) >= 11 is 0. The molecule has 4 nitrogen and oxygen atoms in total. The van der Waals surface area contributed by atoms with Crippen LogP contribution < -0.4 is 11.1 Å². The van der Waals surface area contributed by atoms with E-state index in [1.165, 1.54) is 0 Å². The highest BCUT2D eigenvalue weighted by Gasteiger charge is 2.08. The monoisotopic (exact) mass is 207 g/mol. The van der Waals surface area contributed by atoms with E-state index in [1.807, 2.05) is 26.8 Å². The van der Waals surface area contributed by atoms with Crippen molar-refractivity contribution in [2.45, 2.75) is 26.8 Å². The Bertz CT molecular complexity index is 347. The molecule has 0 unspecified atom stereocenters. The van der Waals surface area contributed by atoms with Crippen LogP contribution in [0.5, 0.6) is 0 Å². The molecule has 1 aromatic heterocycles. The lowest BCUT2D eigenvalue weighted by Crippen LogP contribution is -2.18. The van der Waals surface area contributed by atoms with Gasteiger partial charge in [-0.2, -0.15) is 0 Å². The number of nitrogens with zero attached hydrogens (tertiary/aromatic N) is 1. The van der Waals surface area contributed by atoms with Crippen LogP contribution in [0.4, 0.5) is 5.82 Å². The third-order valence-electron chi connectivity index (χ3n) is 2.09. The van der Waals surface area contributed by atoms with Crippen molar-refractivity contribution < 1.29 is 4.79 Å². The Hall–Kier alpha value is -1.42. The highest BCUT2D eigenvalue weighted by atomic mass is 16.1. The van der Waals surface area contributed by atoms with Crippen molar-refractivity contribution in [2.75, 3.05) is 5.32 Å². The van der Waals surface area contributed by atoms with Crippen LogP contribution in [-0.4, -0.2) is 10.9 Å². The molecule has 0 saturated carbocycles. The van der Waals surface area contributed by atoms with Crippen LogP contribution in [0.2, 0.25) is 0 Å². The summed E-state index contributed by atoms with van der Waals surface area (Å²) in [6.45, 7) is 5.57. The number of carbonyl (C=O) groups is 1. The normalized spacial score (nSPS) is 12.6. The standard InChI is InChI=1S/C11H17N3O/c1-7(2)11(15)14-10-6-9(8(3)12)4-5-13-10/h4-8H,12H2,1-3H3,(H,13,14,15)/t8-/m0/s1. The maximum atomic E-state index is 11.4. The van der Waals surface area contributed by atoms with Gasteiger partial charge in [0.1, 0.15) is 5.82 Å². The maximum Gasteiger partial charge on any atom is 0.228 e. The van der Waals surface area contributed by atoms with Crippen molar-refractivity contribution in [3.8, 4) is 0 Å². The molecule has 0 spiro atoms. The maximum absolute atomic E-state index is 11.4. The van der Waals surface area contributed by atoms with Gasteiger partial charge in [0.15, 0.2) is 0 Å². The Kier molecular flexibility index (Phi) is 3.80. The third kappa shape index (κ3) is 3.32. The quantitative estimate of drug-likeness (QED) is 0.792. The number of pyridine rings is 1. The molecule has 0 fully saturated rings. The van der Waals surface area contributed by atoms with Gasteiger partial charge in [0.05, 0.1) is 0 Å². The van der Waals surface area contributed by atoms with Gasteiger partial charge in [-0.15, -0.1) is 0 Å². The molecule has 0 aliphatic carbocycles. The first-order valence-corrected chi connectivity index (χ1v) is 5.03. The first-order valence-electron chi connectivity index (χ1n) is 5.03. The molecule has 82 valence electrons. The molecule has 1 heterocycles. The largest absolute Gasteiger partial charge is 0.324 e. The van der Waals surface area contributed by atoms with Gasteiger partial charge in [0, 0.05) is 18.2 Å². The average Bonchev–Trinajstić information content (AvgIpc) is 2.18. The molecule has 1 atom stereocenters. The van der Waals surface area contributed by atoms with Crippen LogP contribution in [0.3, 0.4) is 0 Å². The Morgan fingerprint density at radius 2 is 2.13 bits per heavy atom. The summed E-state index contributed by atoms with van der Waals surface area (Å²) < 4.78 is 0. The summed E-state index contributed by atoms with van der Waals surface area (Å²) in [5, 5.41) is 2.73. The highest BCUT2D eigenvalue weighted by Crippen LogP contribution is 2.13. The second kappa shape index (κ2) is 4.89. The zero-order valence-corrected chi connectivity index (χ0v) is 9.32. The topological polar surface area (TPSA) is 68.0 Å². The molecule has 3 N–H and O–H groups in total. The van der Waals surface area contributed by atoms with Crippen molar-refractivity contribution in [1.29, 1.82) is 0 Å². The molecule has 0 bridgehead atoms. The van der Waals surface area contributed by atoms with E-state index in [9.17, 15) is 4.79 Å². The molecule has 1 rings (SSSR count). The van der Waals surface area contributed by atoms with Crippen LogP contribution in [0, 0.1) is 5.92 Å². The van der Waals surface area contributed by atoms with E-state index >= 15 is 0 Å². The van der Waals surface area contributed by atoms with E-state index in [1.54, 1.807) is 12.3 Å². The summed E-state index contributed by atoms with van der Waals surface area (Å²) in [6.07, 6.45) is 1.65. The van der Waals surface area contributed by atoms with Gasteiger partial charge in [-0.3, -0.25) is 4.79 Å². The number of amides is 1. The summed E-state index contributed by atoms with van der Waals surface area (Å²) in [5.74, 6) is 0.471. The van der Waals surface area contributed by atoms with E-state index < -0.39 is 0 Å². The average molecular weight is 207 g/mol. The minimum Gasteiger partial charge on any atom is -0.324 e. The molecular weight excluding hydrogens is 190 g/mol. The summed E-state index contributed by atoms with van der Waals surface area (Å²) in [6, 6.07) is 3.59. The molecule has 1 amide bonds. The van der Waals surface area contributed by atoms with E-state index in [-0.39, 0.29) is 17.9 Å². The highest BCUT2D eigenvalue weighted by molar-refractivity contribution is 5.91. The van der Waals surface area contributed by atoms with Crippen LogP contribution in [0.15, 0.2) is 18.3 Å². The van der Waals surface area contributed by atoms with Crippen molar-refractivity contribution in [3.63, 3.8) is 0 Å². The fraction of sp³-hybridized carbons (Fsp3) is 0.455. The van der Waals surface area contributed by atoms with E-state index in [4.69, 9.17) is 5.73 Å². The van der Waals surface area contributed by atoms with Gasteiger partial charge in [-0.1, -0.05) is 13.8 Å². The number of carbonyl (C=O) groups excluding carboxylic acids is 1. The number of hydrogen-bond donors (Lipinski definition) is 2. The number of anilines is 1. The summed E-state index contributed by atoms with van der Waals surface area (Å²) in [7, 11) is 0. The zero-order chi connectivity index (χ0) is 11.4. The van der Waals surface area contributed by atoms with E-state index in [0.717, 1.165) is 5.56 Å². The van der Waals surface area contributed by atoms with E-state index in [0.29, 0.717) is 5.82 Å². The third-order valence-corrected chi connectivity index (χ3v) is 2.09. The van der Waals surface area contributed by atoms with Gasteiger partial charge < -0.3 is 11.1 Å². The van der Waals surface area contributed by atoms with Crippen LogP contribution in [0.1, 0.15) is 32.4 Å². The number of nitrogens with one attached hydrogen (secondary N) is 1. The molecule has 1 aromatic rings. The fourth-order valence-electron chi connectivity index (χ4n) is 1.07. The van der Waals surface area contributed by atoms with Crippen molar-refractivity contribution in [1.82, 2.24) is 4.98 Å². The lowest BCUT2D eigenvalue weighted by atomic mass is 10.1.